The van der Waals surface area contributed by atoms with Gasteiger partial charge in [-0.3, -0.25) is 10.2 Å². The Kier molecular flexibility index (Phi) is 16.3. The van der Waals surface area contributed by atoms with Crippen LogP contribution in [0.15, 0.2) is 60.8 Å². The van der Waals surface area contributed by atoms with Gasteiger partial charge >= 0.3 is 0 Å². The number of ether oxygens (including phenoxy) is 2. The minimum atomic E-state index is -0.388. The quantitative estimate of drug-likeness (QED) is 0.401. The van der Waals surface area contributed by atoms with E-state index in [2.05, 4.69) is 37.7 Å². The van der Waals surface area contributed by atoms with Crippen LogP contribution in [0, 0.1) is 5.92 Å². The van der Waals surface area contributed by atoms with Crippen LogP contribution >= 0.6 is 0 Å². The van der Waals surface area contributed by atoms with Crippen LogP contribution in [0.1, 0.15) is 44.7 Å². The van der Waals surface area contributed by atoms with Crippen LogP contribution in [-0.2, 0) is 22.7 Å². The highest BCUT2D eigenvalue weighted by atomic mass is 16.5. The molecule has 40 heavy (non-hydrogen) atoms. The van der Waals surface area contributed by atoms with Gasteiger partial charge in [0, 0.05) is 25.8 Å². The molecule has 1 aliphatic heterocycles. The Morgan fingerprint density at radius 1 is 1.02 bits per heavy atom. The third-order valence-electron chi connectivity index (χ3n) is 6.94. The fourth-order valence-corrected chi connectivity index (χ4v) is 3.88. The lowest BCUT2D eigenvalue weighted by atomic mass is 10.1. The zero-order valence-corrected chi connectivity index (χ0v) is 25.2. The standard InChI is InChI=1S/C24H33N5O3.C6H14.CH2O/c1-18-14-29(23(25)16-28(18)15-20-7-11-22(32-4)12-8-20)24(30)17-27(2)26-13-19-5-9-21(31-3)10-6-19;1-4-6(3)5-2;1-2/h5-12,23,26H,1,13-17,25H2,2-4H3;6H,4-5H2,1-3H3;1H2. The average Bonchev–Trinajstić information content (AvgIpc) is 2.99. The van der Waals surface area contributed by atoms with E-state index in [9.17, 15) is 4.79 Å². The third kappa shape index (κ3) is 11.8. The molecule has 1 amide bonds. The molecule has 2 aromatic rings. The van der Waals surface area contributed by atoms with Crippen LogP contribution in [0.25, 0.3) is 0 Å². The predicted octanol–water partition coefficient (Wildman–Crippen LogP) is 4.04. The largest absolute Gasteiger partial charge is 0.497 e. The van der Waals surface area contributed by atoms with Gasteiger partial charge in [0.15, 0.2) is 0 Å². The molecule has 222 valence electrons. The summed E-state index contributed by atoms with van der Waals surface area (Å²) in [6.07, 6.45) is 2.27. The van der Waals surface area contributed by atoms with Crippen molar-refractivity contribution in [2.24, 2.45) is 11.7 Å². The van der Waals surface area contributed by atoms with Crippen LogP contribution in [0.2, 0.25) is 0 Å². The molecule has 3 rings (SSSR count). The molecule has 1 atom stereocenters. The lowest BCUT2D eigenvalue weighted by Gasteiger charge is -2.42. The maximum Gasteiger partial charge on any atom is 0.239 e. The number of benzene rings is 2. The second-order valence-electron chi connectivity index (χ2n) is 9.84. The smallest absolute Gasteiger partial charge is 0.239 e. The molecule has 0 aliphatic carbocycles. The fraction of sp³-hybridized carbons (Fsp3) is 0.484. The van der Waals surface area contributed by atoms with Gasteiger partial charge in [0.25, 0.3) is 0 Å². The Morgan fingerprint density at radius 2 is 1.52 bits per heavy atom. The lowest BCUT2D eigenvalue weighted by Crippen LogP contribution is -2.59. The monoisotopic (exact) mass is 555 g/mol. The average molecular weight is 556 g/mol. The minimum Gasteiger partial charge on any atom is -0.497 e. The van der Waals surface area contributed by atoms with E-state index in [0.717, 1.165) is 34.2 Å². The second-order valence-corrected chi connectivity index (χ2v) is 9.84. The van der Waals surface area contributed by atoms with Gasteiger partial charge < -0.3 is 29.8 Å². The van der Waals surface area contributed by atoms with E-state index in [-0.39, 0.29) is 18.6 Å². The van der Waals surface area contributed by atoms with E-state index in [1.54, 1.807) is 24.1 Å². The van der Waals surface area contributed by atoms with Crippen LogP contribution in [0.4, 0.5) is 0 Å². The molecular formula is C31H49N5O4. The molecule has 0 radical (unpaired) electrons. The summed E-state index contributed by atoms with van der Waals surface area (Å²) in [6, 6.07) is 15.7. The fourth-order valence-electron chi connectivity index (χ4n) is 3.88. The van der Waals surface area contributed by atoms with Gasteiger partial charge in [-0.2, -0.15) is 0 Å². The summed E-state index contributed by atoms with van der Waals surface area (Å²) in [5.41, 5.74) is 12.7. The van der Waals surface area contributed by atoms with Crippen molar-refractivity contribution in [2.75, 3.05) is 40.9 Å². The SMILES string of the molecule is C=C1CN(C(=O)CN(C)NCc2ccc(OC)cc2)C(N)CN1Cc1ccc(OC)cc1.C=O.CCC(C)CC. The Morgan fingerprint density at radius 3 is 1.98 bits per heavy atom. The number of piperazine rings is 1. The van der Waals surface area contributed by atoms with Gasteiger partial charge in [0.1, 0.15) is 18.3 Å². The first-order chi connectivity index (χ1) is 19.2. The summed E-state index contributed by atoms with van der Waals surface area (Å²) >= 11 is 0. The highest BCUT2D eigenvalue weighted by Crippen LogP contribution is 2.20. The molecule has 1 unspecified atom stereocenters. The summed E-state index contributed by atoms with van der Waals surface area (Å²) in [5.74, 6) is 2.54. The Labute approximate surface area is 240 Å². The maximum absolute atomic E-state index is 12.9. The maximum atomic E-state index is 12.9. The van der Waals surface area contributed by atoms with Gasteiger partial charge in [-0.1, -0.05) is 64.5 Å². The van der Waals surface area contributed by atoms with Crippen LogP contribution in [0.3, 0.4) is 0 Å². The van der Waals surface area contributed by atoms with Crippen molar-refractivity contribution in [3.63, 3.8) is 0 Å². The van der Waals surface area contributed by atoms with Crippen molar-refractivity contribution in [1.82, 2.24) is 20.2 Å². The number of carbonyl (C=O) groups is 2. The topological polar surface area (TPSA) is 100 Å². The number of methoxy groups -OCH3 is 2. The molecular weight excluding hydrogens is 506 g/mol. The van der Waals surface area contributed by atoms with E-state index in [4.69, 9.17) is 20.0 Å². The number of carbonyl (C=O) groups excluding carboxylic acids is 2. The Balaban J connectivity index is 0.000000885. The normalized spacial score (nSPS) is 14.7. The summed E-state index contributed by atoms with van der Waals surface area (Å²) in [5, 5.41) is 1.78. The van der Waals surface area contributed by atoms with Gasteiger partial charge in [0.05, 0.1) is 40.0 Å². The zero-order chi connectivity index (χ0) is 30.1. The van der Waals surface area contributed by atoms with Crippen LogP contribution in [0.5, 0.6) is 11.5 Å². The number of nitrogens with two attached hydrogens (primary N) is 1. The number of hydrogen-bond acceptors (Lipinski definition) is 8. The molecule has 2 aromatic carbocycles. The first kappa shape index (κ1) is 34.6. The molecule has 1 aliphatic rings. The summed E-state index contributed by atoms with van der Waals surface area (Å²) < 4.78 is 10.4. The lowest BCUT2D eigenvalue weighted by molar-refractivity contribution is -0.136. The van der Waals surface area contributed by atoms with Gasteiger partial charge in [-0.05, 0) is 41.3 Å². The third-order valence-corrected chi connectivity index (χ3v) is 6.94. The summed E-state index contributed by atoms with van der Waals surface area (Å²) in [4.78, 5) is 24.7. The van der Waals surface area contributed by atoms with E-state index in [1.807, 2.05) is 62.4 Å². The summed E-state index contributed by atoms with van der Waals surface area (Å²) in [7, 11) is 5.14. The molecule has 1 saturated heterocycles. The van der Waals surface area contributed by atoms with Gasteiger partial charge in [-0.15, -0.1) is 0 Å². The molecule has 1 fully saturated rings. The minimum absolute atomic E-state index is 0.0347. The Hall–Kier alpha value is -3.40. The molecule has 9 heteroatoms. The highest BCUT2D eigenvalue weighted by molar-refractivity contribution is 5.79. The zero-order valence-electron chi connectivity index (χ0n) is 25.2. The number of rotatable bonds is 11. The van der Waals surface area contributed by atoms with Gasteiger partial charge in [0.2, 0.25) is 5.91 Å². The second kappa shape index (κ2) is 18.8. The molecule has 0 aromatic heterocycles. The van der Waals surface area contributed by atoms with Crippen molar-refractivity contribution in [3.05, 3.63) is 71.9 Å². The molecule has 0 bridgehead atoms. The van der Waals surface area contributed by atoms with Crippen molar-refractivity contribution in [3.8, 4) is 11.5 Å². The number of amides is 1. The number of hydrogen-bond donors (Lipinski definition) is 2. The van der Waals surface area contributed by atoms with Crippen molar-refractivity contribution in [2.45, 2.75) is 52.9 Å². The summed E-state index contributed by atoms with van der Waals surface area (Å²) in [6.45, 7) is 15.4. The number of likely N-dealkylation sites (N-methyl/N-ethyl adjacent to an activating group) is 1. The first-order valence-corrected chi connectivity index (χ1v) is 13.7. The van der Waals surface area contributed by atoms with Crippen LogP contribution in [-0.4, -0.2) is 74.6 Å². The van der Waals surface area contributed by atoms with Crippen LogP contribution < -0.4 is 20.6 Å². The van der Waals surface area contributed by atoms with E-state index < -0.39 is 0 Å². The van der Waals surface area contributed by atoms with Crippen molar-refractivity contribution in [1.29, 1.82) is 0 Å². The highest BCUT2D eigenvalue weighted by Gasteiger charge is 2.30. The molecule has 0 saturated carbocycles. The van der Waals surface area contributed by atoms with E-state index >= 15 is 0 Å². The van der Waals surface area contributed by atoms with E-state index in [1.165, 1.54) is 12.8 Å². The Bertz CT molecular complexity index is 996. The molecule has 1 heterocycles. The van der Waals surface area contributed by atoms with E-state index in [0.29, 0.717) is 26.2 Å². The number of hydrazine groups is 1. The molecule has 0 spiro atoms. The molecule has 9 nitrogen and oxygen atoms in total. The first-order valence-electron chi connectivity index (χ1n) is 13.7. The van der Waals surface area contributed by atoms with Gasteiger partial charge in [-0.25, -0.2) is 5.01 Å². The van der Waals surface area contributed by atoms with Crippen molar-refractivity contribution >= 4 is 12.7 Å². The predicted molar refractivity (Wildman–Crippen MR) is 162 cm³/mol. The number of nitrogens with one attached hydrogen (secondary N) is 1. The van der Waals surface area contributed by atoms with Crippen molar-refractivity contribution < 1.29 is 19.1 Å². The molecule has 3 N–H and O–H groups in total. The number of nitrogens with zero attached hydrogens (tertiary/aromatic N) is 3.